The molecular weight excluding hydrogens is 405 g/mol. The lowest BCUT2D eigenvalue weighted by molar-refractivity contribution is 0.0203. The van der Waals surface area contributed by atoms with E-state index in [2.05, 4.69) is 25.9 Å². The Balaban J connectivity index is 1.78. The number of carbonyl (C=O) groups is 1. The quantitative estimate of drug-likeness (QED) is 0.750. The van der Waals surface area contributed by atoms with Crippen LogP contribution in [0.25, 0.3) is 10.9 Å². The number of nitrogens with one attached hydrogen (secondary N) is 1. The van der Waals surface area contributed by atoms with Gasteiger partial charge in [-0.05, 0) is 45.7 Å². The monoisotopic (exact) mass is 425 g/mol. The molecule has 1 N–H and O–H groups in total. The molecule has 8 heteroatoms. The minimum Gasteiger partial charge on any atom is -0.444 e. The van der Waals surface area contributed by atoms with Gasteiger partial charge in [-0.3, -0.25) is 4.79 Å². The summed E-state index contributed by atoms with van der Waals surface area (Å²) in [4.78, 5) is 33.2. The van der Waals surface area contributed by atoms with Gasteiger partial charge in [0.15, 0.2) is 5.82 Å². The lowest BCUT2D eigenvalue weighted by Gasteiger charge is -2.33. The zero-order valence-corrected chi connectivity index (χ0v) is 16.5. The molecule has 1 amide bonds. The van der Waals surface area contributed by atoms with Crippen LogP contribution in [0.4, 0.5) is 9.18 Å². The minimum absolute atomic E-state index is 0.0335. The highest BCUT2D eigenvalue weighted by Crippen LogP contribution is 2.28. The number of carbonyl (C=O) groups excluding carboxylic acids is 1. The lowest BCUT2D eigenvalue weighted by atomic mass is 9.96. The molecule has 0 unspecified atom stereocenters. The van der Waals surface area contributed by atoms with Crippen molar-refractivity contribution >= 4 is 32.9 Å². The Kier molecular flexibility index (Phi) is 5.05. The molecule has 1 aromatic heterocycles. The molecule has 0 aliphatic carbocycles. The Morgan fingerprint density at radius 3 is 2.62 bits per heavy atom. The van der Waals surface area contributed by atoms with E-state index in [9.17, 15) is 14.0 Å². The van der Waals surface area contributed by atoms with E-state index in [1.807, 2.05) is 20.8 Å². The predicted octanol–water partition coefficient (Wildman–Crippen LogP) is 3.94. The first-order valence-electron chi connectivity index (χ1n) is 8.51. The predicted molar refractivity (Wildman–Crippen MR) is 99.8 cm³/mol. The van der Waals surface area contributed by atoms with Crippen molar-refractivity contribution in [1.29, 1.82) is 0 Å². The van der Waals surface area contributed by atoms with E-state index >= 15 is 0 Å². The zero-order chi connectivity index (χ0) is 19.1. The van der Waals surface area contributed by atoms with Crippen molar-refractivity contribution in [2.75, 3.05) is 13.1 Å². The number of halogens is 2. The van der Waals surface area contributed by atoms with Gasteiger partial charge in [0.25, 0.3) is 5.56 Å². The van der Waals surface area contributed by atoms with Crippen LogP contribution >= 0.6 is 15.9 Å². The molecule has 0 spiro atoms. The summed E-state index contributed by atoms with van der Waals surface area (Å²) in [6.07, 6.45) is 0.921. The first-order valence-corrected chi connectivity index (χ1v) is 9.30. The van der Waals surface area contributed by atoms with Crippen LogP contribution in [0.3, 0.4) is 0 Å². The topological polar surface area (TPSA) is 75.3 Å². The number of aromatic amines is 1. The maximum absolute atomic E-state index is 14.2. The van der Waals surface area contributed by atoms with Gasteiger partial charge in [-0.15, -0.1) is 0 Å². The number of likely N-dealkylation sites (tertiary alicyclic amines) is 1. The van der Waals surface area contributed by atoms with E-state index in [1.165, 1.54) is 6.07 Å². The smallest absolute Gasteiger partial charge is 0.410 e. The van der Waals surface area contributed by atoms with Crippen LogP contribution in [0, 0.1) is 5.82 Å². The maximum Gasteiger partial charge on any atom is 0.410 e. The average Bonchev–Trinajstić information content (AvgIpc) is 2.54. The number of rotatable bonds is 1. The number of fused-ring (bicyclic) bond motifs is 1. The van der Waals surface area contributed by atoms with Gasteiger partial charge in [0.1, 0.15) is 16.9 Å². The van der Waals surface area contributed by atoms with Crippen LogP contribution in [0.1, 0.15) is 45.4 Å². The molecule has 6 nitrogen and oxygen atoms in total. The molecule has 26 heavy (non-hydrogen) atoms. The Bertz CT molecular complexity index is 899. The van der Waals surface area contributed by atoms with Crippen LogP contribution in [-0.2, 0) is 4.74 Å². The van der Waals surface area contributed by atoms with E-state index in [0.717, 1.165) is 0 Å². The summed E-state index contributed by atoms with van der Waals surface area (Å²) in [5.74, 6) is -0.102. The largest absolute Gasteiger partial charge is 0.444 e. The first kappa shape index (κ1) is 18.8. The van der Waals surface area contributed by atoms with Crippen molar-refractivity contribution in [2.45, 2.75) is 45.1 Å². The van der Waals surface area contributed by atoms with Gasteiger partial charge in [-0.1, -0.05) is 15.9 Å². The van der Waals surface area contributed by atoms with Crippen LogP contribution in [0.2, 0.25) is 0 Å². The van der Waals surface area contributed by atoms with Gasteiger partial charge in [0, 0.05) is 23.5 Å². The Morgan fingerprint density at radius 1 is 1.35 bits per heavy atom. The minimum atomic E-state index is -0.537. The van der Waals surface area contributed by atoms with Crippen LogP contribution in [0.5, 0.6) is 0 Å². The number of piperidine rings is 1. The van der Waals surface area contributed by atoms with Crippen molar-refractivity contribution in [1.82, 2.24) is 14.9 Å². The molecule has 140 valence electrons. The van der Waals surface area contributed by atoms with Gasteiger partial charge in [-0.25, -0.2) is 14.2 Å². The van der Waals surface area contributed by atoms with Gasteiger partial charge >= 0.3 is 6.09 Å². The number of nitrogens with zero attached hydrogens (tertiary/aromatic N) is 2. The van der Waals surface area contributed by atoms with Crippen LogP contribution in [0.15, 0.2) is 21.4 Å². The van der Waals surface area contributed by atoms with E-state index < -0.39 is 11.4 Å². The highest BCUT2D eigenvalue weighted by Gasteiger charge is 2.28. The number of aromatic nitrogens is 2. The fourth-order valence-corrected chi connectivity index (χ4v) is 3.47. The summed E-state index contributed by atoms with van der Waals surface area (Å²) >= 11 is 3.18. The highest BCUT2D eigenvalue weighted by molar-refractivity contribution is 9.10. The molecule has 1 aliphatic rings. The SMILES string of the molecule is CC(C)(C)OC(=O)N1CCC(c2nc3c(F)cc(Br)cc3c(=O)[nH]2)CC1. The second kappa shape index (κ2) is 6.98. The zero-order valence-electron chi connectivity index (χ0n) is 14.9. The summed E-state index contributed by atoms with van der Waals surface area (Å²) < 4.78 is 20.1. The maximum atomic E-state index is 14.2. The third kappa shape index (κ3) is 4.06. The summed E-state index contributed by atoms with van der Waals surface area (Å²) in [6.45, 7) is 6.49. The average molecular weight is 426 g/mol. The standard InChI is InChI=1S/C18H21BrFN3O3/c1-18(2,3)26-17(25)23-6-4-10(5-7-23)15-21-14-12(16(24)22-15)8-11(19)9-13(14)20/h8-10H,4-7H2,1-3H3,(H,21,22,24). The molecule has 1 aromatic carbocycles. The van der Waals surface area contributed by atoms with E-state index in [0.29, 0.717) is 36.2 Å². The Morgan fingerprint density at radius 2 is 2.00 bits per heavy atom. The van der Waals surface area contributed by atoms with Gasteiger partial charge in [0.2, 0.25) is 0 Å². The van der Waals surface area contributed by atoms with Crippen molar-refractivity contribution in [3.8, 4) is 0 Å². The van der Waals surface area contributed by atoms with E-state index in [-0.39, 0.29) is 28.5 Å². The van der Waals surface area contributed by atoms with Gasteiger partial charge in [0.05, 0.1) is 5.39 Å². The van der Waals surface area contributed by atoms with Crippen molar-refractivity contribution in [3.05, 3.63) is 38.6 Å². The third-order valence-corrected chi connectivity index (χ3v) is 4.74. The third-order valence-electron chi connectivity index (χ3n) is 4.28. The second-order valence-electron chi connectivity index (χ2n) is 7.48. The van der Waals surface area contributed by atoms with Crippen molar-refractivity contribution in [3.63, 3.8) is 0 Å². The molecular formula is C18H21BrFN3O3. The number of H-pyrrole nitrogens is 1. The van der Waals surface area contributed by atoms with E-state index in [1.54, 1.807) is 11.0 Å². The Labute approximate surface area is 158 Å². The van der Waals surface area contributed by atoms with Gasteiger partial charge < -0.3 is 14.6 Å². The lowest BCUT2D eigenvalue weighted by Crippen LogP contribution is -2.41. The summed E-state index contributed by atoms with van der Waals surface area (Å²) in [7, 11) is 0. The number of amides is 1. The Hall–Kier alpha value is -1.96. The fourth-order valence-electron chi connectivity index (χ4n) is 3.04. The molecule has 2 heterocycles. The van der Waals surface area contributed by atoms with Crippen molar-refractivity contribution < 1.29 is 13.9 Å². The number of hydrogen-bond donors (Lipinski definition) is 1. The number of hydrogen-bond acceptors (Lipinski definition) is 4. The van der Waals surface area contributed by atoms with E-state index in [4.69, 9.17) is 4.74 Å². The summed E-state index contributed by atoms with van der Waals surface area (Å²) in [5.41, 5.74) is -0.827. The normalized spacial score (nSPS) is 16.1. The fraction of sp³-hybridized carbons (Fsp3) is 0.500. The number of benzene rings is 1. The van der Waals surface area contributed by atoms with Gasteiger partial charge in [-0.2, -0.15) is 0 Å². The second-order valence-corrected chi connectivity index (χ2v) is 8.39. The molecule has 1 aliphatic heterocycles. The molecule has 2 aromatic rings. The summed E-state index contributed by atoms with van der Waals surface area (Å²) in [5, 5.41) is 0.215. The molecule has 3 rings (SSSR count). The summed E-state index contributed by atoms with van der Waals surface area (Å²) in [6, 6.07) is 2.85. The molecule has 0 saturated carbocycles. The molecule has 1 saturated heterocycles. The molecule has 1 fully saturated rings. The van der Waals surface area contributed by atoms with Crippen LogP contribution in [-0.4, -0.2) is 39.7 Å². The molecule has 0 atom stereocenters. The van der Waals surface area contributed by atoms with Crippen LogP contribution < -0.4 is 5.56 Å². The van der Waals surface area contributed by atoms with Crippen molar-refractivity contribution in [2.24, 2.45) is 0 Å². The molecule has 0 radical (unpaired) electrons. The first-order chi connectivity index (χ1) is 12.1. The highest BCUT2D eigenvalue weighted by atomic mass is 79.9. The molecule has 0 bridgehead atoms. The number of ether oxygens (including phenoxy) is 1.